The molecule has 0 saturated heterocycles. The van der Waals surface area contributed by atoms with E-state index in [-0.39, 0.29) is 13.2 Å². The molecule has 0 aliphatic heterocycles. The lowest BCUT2D eigenvalue weighted by Gasteiger charge is -2.13. The number of nitrogens with one attached hydrogen (secondary N) is 1. The molecule has 2 rings (SSSR count). The molecule has 25 heavy (non-hydrogen) atoms. The molecule has 5 nitrogen and oxygen atoms in total. The van der Waals surface area contributed by atoms with E-state index < -0.39 is 11.9 Å². The lowest BCUT2D eigenvalue weighted by molar-refractivity contribution is -0.149. The molecule has 0 radical (unpaired) electrons. The van der Waals surface area contributed by atoms with E-state index >= 15 is 0 Å². The van der Waals surface area contributed by atoms with Gasteiger partial charge in [-0.25, -0.2) is 4.79 Å². The Labute approximate surface area is 151 Å². The maximum Gasteiger partial charge on any atom is 0.344 e. The van der Waals surface area contributed by atoms with E-state index in [2.05, 4.69) is 5.32 Å². The van der Waals surface area contributed by atoms with Gasteiger partial charge in [-0.2, -0.15) is 0 Å². The van der Waals surface area contributed by atoms with Crippen molar-refractivity contribution in [3.05, 3.63) is 58.1 Å². The number of hydrogen-bond acceptors (Lipinski definition) is 4. The van der Waals surface area contributed by atoms with Crippen LogP contribution in [0.2, 0.25) is 5.02 Å². The first-order chi connectivity index (χ1) is 11.8. The number of amides is 1. The molecule has 0 unspecified atom stereocenters. The van der Waals surface area contributed by atoms with Crippen molar-refractivity contribution >= 4 is 29.2 Å². The number of aryl methyl sites for hydroxylation is 3. The zero-order valence-electron chi connectivity index (χ0n) is 14.4. The summed E-state index contributed by atoms with van der Waals surface area (Å²) in [5.74, 6) is -0.519. The SMILES string of the molecule is Cc1cc(C)c(NC(=O)COC(=O)COc2ccc(Cl)cc2)c(C)c1. The van der Waals surface area contributed by atoms with Crippen molar-refractivity contribution in [2.24, 2.45) is 0 Å². The molecule has 0 heterocycles. The van der Waals surface area contributed by atoms with Crippen LogP contribution < -0.4 is 10.1 Å². The average Bonchev–Trinajstić information content (AvgIpc) is 2.55. The van der Waals surface area contributed by atoms with E-state index in [0.717, 1.165) is 22.4 Å². The first-order valence-corrected chi connectivity index (χ1v) is 8.14. The minimum absolute atomic E-state index is 0.280. The molecule has 0 saturated carbocycles. The lowest BCUT2D eigenvalue weighted by atomic mass is 10.1. The normalized spacial score (nSPS) is 10.2. The van der Waals surface area contributed by atoms with E-state index in [1.165, 1.54) is 0 Å². The van der Waals surface area contributed by atoms with Gasteiger partial charge in [0.1, 0.15) is 5.75 Å². The minimum Gasteiger partial charge on any atom is -0.482 e. The monoisotopic (exact) mass is 361 g/mol. The van der Waals surface area contributed by atoms with Crippen LogP contribution >= 0.6 is 11.6 Å². The Balaban J connectivity index is 1.79. The molecule has 0 aliphatic rings. The van der Waals surface area contributed by atoms with Crippen molar-refractivity contribution in [2.75, 3.05) is 18.5 Å². The summed E-state index contributed by atoms with van der Waals surface area (Å²) in [5.41, 5.74) is 3.79. The van der Waals surface area contributed by atoms with Crippen molar-refractivity contribution in [2.45, 2.75) is 20.8 Å². The summed E-state index contributed by atoms with van der Waals surface area (Å²) in [6, 6.07) is 10.6. The van der Waals surface area contributed by atoms with Crippen molar-refractivity contribution in [3.8, 4) is 5.75 Å². The highest BCUT2D eigenvalue weighted by Crippen LogP contribution is 2.21. The number of anilines is 1. The van der Waals surface area contributed by atoms with Gasteiger partial charge in [0.15, 0.2) is 13.2 Å². The summed E-state index contributed by atoms with van der Waals surface area (Å²) in [7, 11) is 0. The number of hydrogen-bond donors (Lipinski definition) is 1. The molecule has 2 aromatic rings. The Bertz CT molecular complexity index is 748. The Morgan fingerprint density at radius 3 is 2.20 bits per heavy atom. The number of rotatable bonds is 6. The van der Waals surface area contributed by atoms with Crippen LogP contribution in [0, 0.1) is 20.8 Å². The molecule has 2 aromatic carbocycles. The van der Waals surface area contributed by atoms with Gasteiger partial charge in [0, 0.05) is 10.7 Å². The van der Waals surface area contributed by atoms with Crippen molar-refractivity contribution in [3.63, 3.8) is 0 Å². The van der Waals surface area contributed by atoms with Crippen LogP contribution in [-0.2, 0) is 14.3 Å². The molecule has 0 spiro atoms. The summed E-state index contributed by atoms with van der Waals surface area (Å²) in [5, 5.41) is 3.35. The summed E-state index contributed by atoms with van der Waals surface area (Å²) in [6.45, 7) is 5.18. The first kappa shape index (κ1) is 18.8. The Kier molecular flexibility index (Phi) is 6.42. The van der Waals surface area contributed by atoms with Gasteiger partial charge in [0.2, 0.25) is 0 Å². The predicted octanol–water partition coefficient (Wildman–Crippen LogP) is 3.83. The summed E-state index contributed by atoms with van der Waals surface area (Å²) in [6.07, 6.45) is 0. The van der Waals surface area contributed by atoms with Gasteiger partial charge < -0.3 is 14.8 Å². The van der Waals surface area contributed by atoms with Gasteiger partial charge in [-0.05, 0) is 56.2 Å². The van der Waals surface area contributed by atoms with Crippen molar-refractivity contribution < 1.29 is 19.1 Å². The Morgan fingerprint density at radius 2 is 1.60 bits per heavy atom. The van der Waals surface area contributed by atoms with Crippen LogP contribution in [0.4, 0.5) is 5.69 Å². The van der Waals surface area contributed by atoms with E-state index in [9.17, 15) is 9.59 Å². The zero-order chi connectivity index (χ0) is 18.4. The predicted molar refractivity (Wildman–Crippen MR) is 97.2 cm³/mol. The van der Waals surface area contributed by atoms with Gasteiger partial charge in [0.05, 0.1) is 0 Å². The third-order valence-corrected chi connectivity index (χ3v) is 3.73. The molecular weight excluding hydrogens is 342 g/mol. The fourth-order valence-electron chi connectivity index (χ4n) is 2.41. The van der Waals surface area contributed by atoms with Gasteiger partial charge in [0.25, 0.3) is 5.91 Å². The van der Waals surface area contributed by atoms with Gasteiger partial charge in [-0.3, -0.25) is 4.79 Å². The third-order valence-electron chi connectivity index (χ3n) is 3.48. The summed E-state index contributed by atoms with van der Waals surface area (Å²) >= 11 is 5.76. The number of benzene rings is 2. The molecule has 6 heteroatoms. The molecule has 0 aromatic heterocycles. The van der Waals surface area contributed by atoms with Gasteiger partial charge in [-0.1, -0.05) is 29.3 Å². The van der Waals surface area contributed by atoms with E-state index in [1.807, 2.05) is 32.9 Å². The fourth-order valence-corrected chi connectivity index (χ4v) is 2.54. The molecule has 1 amide bonds. The van der Waals surface area contributed by atoms with E-state index in [4.69, 9.17) is 21.1 Å². The number of ether oxygens (including phenoxy) is 2. The van der Waals surface area contributed by atoms with Gasteiger partial charge >= 0.3 is 5.97 Å². The second kappa shape index (κ2) is 8.53. The average molecular weight is 362 g/mol. The van der Waals surface area contributed by atoms with Crippen LogP contribution in [-0.4, -0.2) is 25.1 Å². The van der Waals surface area contributed by atoms with Crippen LogP contribution in [0.3, 0.4) is 0 Å². The maximum absolute atomic E-state index is 12.0. The van der Waals surface area contributed by atoms with Crippen LogP contribution in [0.25, 0.3) is 0 Å². The highest BCUT2D eigenvalue weighted by molar-refractivity contribution is 6.30. The molecule has 0 aliphatic carbocycles. The quantitative estimate of drug-likeness (QED) is 0.794. The number of halogens is 1. The first-order valence-electron chi connectivity index (χ1n) is 7.77. The molecular formula is C19H20ClNO4. The third kappa shape index (κ3) is 5.80. The summed E-state index contributed by atoms with van der Waals surface area (Å²) in [4.78, 5) is 23.6. The largest absolute Gasteiger partial charge is 0.482 e. The van der Waals surface area contributed by atoms with Gasteiger partial charge in [-0.15, -0.1) is 0 Å². The number of carbonyl (C=O) groups is 2. The second-order valence-corrected chi connectivity index (χ2v) is 6.16. The molecule has 132 valence electrons. The van der Waals surface area contributed by atoms with Crippen molar-refractivity contribution in [1.29, 1.82) is 0 Å². The van der Waals surface area contributed by atoms with Crippen LogP contribution in [0.5, 0.6) is 5.75 Å². The smallest absolute Gasteiger partial charge is 0.344 e. The Hall–Kier alpha value is -2.53. The fraction of sp³-hybridized carbons (Fsp3) is 0.263. The van der Waals surface area contributed by atoms with E-state index in [1.54, 1.807) is 24.3 Å². The molecule has 0 fully saturated rings. The Morgan fingerprint density at radius 1 is 1.00 bits per heavy atom. The zero-order valence-corrected chi connectivity index (χ0v) is 15.1. The van der Waals surface area contributed by atoms with Crippen LogP contribution in [0.15, 0.2) is 36.4 Å². The lowest BCUT2D eigenvalue weighted by Crippen LogP contribution is -2.24. The maximum atomic E-state index is 12.0. The number of esters is 1. The van der Waals surface area contributed by atoms with E-state index in [0.29, 0.717) is 10.8 Å². The topological polar surface area (TPSA) is 64.6 Å². The molecule has 1 N–H and O–H groups in total. The standard InChI is InChI=1S/C19H20ClNO4/c1-12-8-13(2)19(14(3)9-12)21-17(22)10-25-18(23)11-24-16-6-4-15(20)5-7-16/h4-9H,10-11H2,1-3H3,(H,21,22). The van der Waals surface area contributed by atoms with Crippen molar-refractivity contribution in [1.82, 2.24) is 0 Å². The minimum atomic E-state index is -0.623. The summed E-state index contributed by atoms with van der Waals surface area (Å²) < 4.78 is 10.2. The second-order valence-electron chi connectivity index (χ2n) is 5.73. The molecule has 0 atom stereocenters. The van der Waals surface area contributed by atoms with Crippen LogP contribution in [0.1, 0.15) is 16.7 Å². The number of carbonyl (C=O) groups excluding carboxylic acids is 2. The molecule has 0 bridgehead atoms. The highest BCUT2D eigenvalue weighted by Gasteiger charge is 2.11. The highest BCUT2D eigenvalue weighted by atomic mass is 35.5.